The Labute approximate surface area is 220 Å². The van der Waals surface area contributed by atoms with Crippen molar-refractivity contribution in [3.63, 3.8) is 0 Å². The molecule has 0 aromatic heterocycles. The Bertz CT molecular complexity index is 1460. The zero-order valence-electron chi connectivity index (χ0n) is 20.1. The van der Waals surface area contributed by atoms with Crippen LogP contribution < -0.4 is 24.7 Å². The van der Waals surface area contributed by atoms with Gasteiger partial charge in [0.1, 0.15) is 37.9 Å². The summed E-state index contributed by atoms with van der Waals surface area (Å²) in [5.41, 5.74) is 11.0. The van der Waals surface area contributed by atoms with E-state index in [4.69, 9.17) is 41.5 Å². The second kappa shape index (κ2) is 11.3. The highest BCUT2D eigenvalue weighted by molar-refractivity contribution is 6.34. The third kappa shape index (κ3) is 5.64. The minimum atomic E-state index is 0.281. The van der Waals surface area contributed by atoms with Gasteiger partial charge in [0, 0.05) is 29.3 Å². The number of nitriles is 1. The maximum atomic E-state index is 9.12. The largest absolute Gasteiger partial charge is 0.489 e. The first-order valence-electron chi connectivity index (χ1n) is 11.9. The number of hydrogen-bond acceptors (Lipinski definition) is 6. The van der Waals surface area contributed by atoms with Gasteiger partial charge in [-0.05, 0) is 41.5 Å². The first-order valence-corrected chi connectivity index (χ1v) is 12.3. The van der Waals surface area contributed by atoms with Gasteiger partial charge in [-0.15, -0.1) is 0 Å². The summed E-state index contributed by atoms with van der Waals surface area (Å²) in [7, 11) is 0. The lowest BCUT2D eigenvalue weighted by atomic mass is 10.0. The van der Waals surface area contributed by atoms with E-state index >= 15 is 0 Å². The van der Waals surface area contributed by atoms with Crippen molar-refractivity contribution >= 4 is 11.6 Å². The highest BCUT2D eigenvalue weighted by atomic mass is 35.5. The fraction of sp³-hybridized carbons (Fsp3) is 0.167. The van der Waals surface area contributed by atoms with Crippen molar-refractivity contribution in [3.05, 3.63) is 106 Å². The Kier molecular flexibility index (Phi) is 7.46. The van der Waals surface area contributed by atoms with E-state index in [2.05, 4.69) is 6.07 Å². The van der Waals surface area contributed by atoms with Crippen molar-refractivity contribution in [2.24, 2.45) is 5.73 Å². The number of nitrogens with zero attached hydrogens (tertiary/aromatic N) is 1. The molecule has 0 aliphatic carbocycles. The van der Waals surface area contributed by atoms with Crippen LogP contribution in [0.1, 0.15) is 22.3 Å². The molecule has 0 bridgehead atoms. The monoisotopic (exact) mass is 512 g/mol. The summed E-state index contributed by atoms with van der Waals surface area (Å²) in [6, 6.07) is 26.7. The molecule has 0 unspecified atom stereocenters. The molecule has 0 saturated carbocycles. The predicted octanol–water partition coefficient (Wildman–Crippen LogP) is 6.27. The van der Waals surface area contributed by atoms with Gasteiger partial charge in [0.15, 0.2) is 11.5 Å². The van der Waals surface area contributed by atoms with E-state index in [9.17, 15) is 0 Å². The number of benzene rings is 4. The van der Waals surface area contributed by atoms with Gasteiger partial charge in [-0.3, -0.25) is 0 Å². The molecule has 0 spiro atoms. The van der Waals surface area contributed by atoms with E-state index in [1.807, 2.05) is 66.7 Å². The number of hydrogen-bond donors (Lipinski definition) is 1. The molecule has 4 aromatic rings. The van der Waals surface area contributed by atoms with Crippen LogP contribution in [0.5, 0.6) is 23.0 Å². The molecule has 5 rings (SSSR count). The number of rotatable bonds is 8. The average Bonchev–Trinajstić information content (AvgIpc) is 2.95. The number of ether oxygens (including phenoxy) is 4. The van der Waals surface area contributed by atoms with Crippen LogP contribution in [0.2, 0.25) is 5.02 Å². The van der Waals surface area contributed by atoms with Crippen LogP contribution in [0.3, 0.4) is 0 Å². The van der Waals surface area contributed by atoms with Crippen LogP contribution in [0.4, 0.5) is 0 Å². The predicted molar refractivity (Wildman–Crippen MR) is 142 cm³/mol. The van der Waals surface area contributed by atoms with Gasteiger partial charge in [-0.25, -0.2) is 0 Å². The Morgan fingerprint density at radius 1 is 0.838 bits per heavy atom. The van der Waals surface area contributed by atoms with Crippen molar-refractivity contribution in [2.75, 3.05) is 13.2 Å². The quantitative estimate of drug-likeness (QED) is 0.299. The molecule has 1 aliphatic heterocycles. The van der Waals surface area contributed by atoms with Gasteiger partial charge < -0.3 is 24.7 Å². The fourth-order valence-corrected chi connectivity index (χ4v) is 4.40. The topological polar surface area (TPSA) is 86.7 Å². The van der Waals surface area contributed by atoms with Gasteiger partial charge >= 0.3 is 0 Å². The third-order valence-corrected chi connectivity index (χ3v) is 6.48. The van der Waals surface area contributed by atoms with Crippen molar-refractivity contribution in [3.8, 4) is 40.2 Å². The summed E-state index contributed by atoms with van der Waals surface area (Å²) in [4.78, 5) is 0. The average molecular weight is 513 g/mol. The summed E-state index contributed by atoms with van der Waals surface area (Å²) in [6.45, 7) is 2.00. The molecule has 2 N–H and O–H groups in total. The van der Waals surface area contributed by atoms with Gasteiger partial charge in [-0.1, -0.05) is 54.1 Å². The first-order chi connectivity index (χ1) is 18.1. The van der Waals surface area contributed by atoms with Gasteiger partial charge in [0.05, 0.1) is 16.7 Å². The smallest absolute Gasteiger partial charge is 0.161 e. The third-order valence-electron chi connectivity index (χ3n) is 6.04. The summed E-state index contributed by atoms with van der Waals surface area (Å²) in [5, 5.41) is 9.74. The SMILES string of the molecule is N#Cc1cccc(COc2cc(OCc3cccc(-c4ccc5c(c4)OCCO5)c3Cl)ccc2CN)c1. The molecule has 0 radical (unpaired) electrons. The standard InChI is InChI=1S/C30H25ClN2O4/c31-30-24(5-2-6-26(30)22-8-10-27-29(14-22)35-12-11-34-27)19-36-25-9-7-23(17-33)28(15-25)37-18-21-4-1-3-20(13-21)16-32/h1-10,13-15H,11-12,17-19,33H2. The van der Waals surface area contributed by atoms with Crippen molar-refractivity contribution in [1.29, 1.82) is 5.26 Å². The van der Waals surface area contributed by atoms with Crippen molar-refractivity contribution in [1.82, 2.24) is 0 Å². The van der Waals surface area contributed by atoms with Gasteiger partial charge in [0.25, 0.3) is 0 Å². The van der Waals surface area contributed by atoms with Gasteiger partial charge in [0.2, 0.25) is 0 Å². The van der Waals surface area contributed by atoms with Crippen LogP contribution in [-0.2, 0) is 19.8 Å². The second-order valence-electron chi connectivity index (χ2n) is 8.50. The highest BCUT2D eigenvalue weighted by Crippen LogP contribution is 2.38. The molecule has 186 valence electrons. The number of halogens is 1. The zero-order valence-corrected chi connectivity index (χ0v) is 20.8. The normalized spacial score (nSPS) is 12.0. The van der Waals surface area contributed by atoms with Crippen LogP contribution in [0, 0.1) is 11.3 Å². The minimum absolute atomic E-state index is 0.281. The minimum Gasteiger partial charge on any atom is -0.489 e. The Morgan fingerprint density at radius 3 is 2.51 bits per heavy atom. The Balaban J connectivity index is 1.31. The maximum absolute atomic E-state index is 9.12. The number of fused-ring (bicyclic) bond motifs is 1. The lowest BCUT2D eigenvalue weighted by Crippen LogP contribution is -2.15. The molecule has 1 heterocycles. The number of nitrogens with two attached hydrogens (primary N) is 1. The van der Waals surface area contributed by atoms with E-state index in [1.54, 1.807) is 12.1 Å². The molecule has 4 aromatic carbocycles. The van der Waals surface area contributed by atoms with Crippen LogP contribution >= 0.6 is 11.6 Å². The molecule has 0 fully saturated rings. The molecule has 7 heteroatoms. The second-order valence-corrected chi connectivity index (χ2v) is 8.88. The molecule has 6 nitrogen and oxygen atoms in total. The molecule has 0 amide bonds. The van der Waals surface area contributed by atoms with E-state index in [1.165, 1.54) is 0 Å². The Morgan fingerprint density at radius 2 is 1.68 bits per heavy atom. The lowest BCUT2D eigenvalue weighted by Gasteiger charge is -2.19. The lowest BCUT2D eigenvalue weighted by molar-refractivity contribution is 0.171. The van der Waals surface area contributed by atoms with Crippen LogP contribution in [-0.4, -0.2) is 13.2 Å². The van der Waals surface area contributed by atoms with E-state index in [0.717, 1.165) is 33.6 Å². The van der Waals surface area contributed by atoms with Gasteiger partial charge in [-0.2, -0.15) is 5.26 Å². The van der Waals surface area contributed by atoms with E-state index in [-0.39, 0.29) is 6.61 Å². The molecule has 0 atom stereocenters. The van der Waals surface area contributed by atoms with Crippen molar-refractivity contribution in [2.45, 2.75) is 19.8 Å². The van der Waals surface area contributed by atoms with Crippen LogP contribution in [0.25, 0.3) is 11.1 Å². The molecule has 37 heavy (non-hydrogen) atoms. The molecular weight excluding hydrogens is 488 g/mol. The molecule has 1 aliphatic rings. The van der Waals surface area contributed by atoms with Crippen molar-refractivity contribution < 1.29 is 18.9 Å². The first kappa shape index (κ1) is 24.5. The summed E-state index contributed by atoms with van der Waals surface area (Å²) in [5.74, 6) is 2.73. The van der Waals surface area contributed by atoms with E-state index < -0.39 is 0 Å². The van der Waals surface area contributed by atoms with E-state index in [0.29, 0.717) is 54.2 Å². The zero-order chi connectivity index (χ0) is 25.6. The highest BCUT2D eigenvalue weighted by Gasteiger charge is 2.15. The molecule has 0 saturated heterocycles. The van der Waals surface area contributed by atoms with Crippen LogP contribution in [0.15, 0.2) is 78.9 Å². The maximum Gasteiger partial charge on any atom is 0.161 e. The summed E-state index contributed by atoms with van der Waals surface area (Å²) >= 11 is 6.80. The Hall–Kier alpha value is -4.18. The summed E-state index contributed by atoms with van der Waals surface area (Å²) < 4.78 is 23.5. The molecular formula is C30H25ClN2O4. The summed E-state index contributed by atoms with van der Waals surface area (Å²) in [6.07, 6.45) is 0. The fourth-order valence-electron chi connectivity index (χ4n) is 4.11.